The molecule has 0 saturated heterocycles. The number of hydrogen-bond donors (Lipinski definition) is 3. The molecule has 0 unspecified atom stereocenters. The number of carbonyl (C=O) groups excluding carboxylic acids is 2. The van der Waals surface area contributed by atoms with E-state index in [2.05, 4.69) is 10.6 Å². The van der Waals surface area contributed by atoms with Crippen molar-refractivity contribution in [2.24, 2.45) is 0 Å². The molecular weight excluding hydrogens is 296 g/mol. The fraction of sp³-hybridized carbons (Fsp3) is 0.176. The zero-order chi connectivity index (χ0) is 16.5. The first kappa shape index (κ1) is 16.5. The molecule has 0 spiro atoms. The molecular formula is C17H18N2O4. The molecule has 0 heterocycles. The summed E-state index contributed by atoms with van der Waals surface area (Å²) in [6, 6.07) is 15.8. The van der Waals surface area contributed by atoms with Crippen molar-refractivity contribution >= 4 is 17.7 Å². The Morgan fingerprint density at radius 2 is 1.70 bits per heavy atom. The predicted molar refractivity (Wildman–Crippen MR) is 86.1 cm³/mol. The number of amides is 2. The van der Waals surface area contributed by atoms with Crippen molar-refractivity contribution in [3.63, 3.8) is 0 Å². The fourth-order valence-corrected chi connectivity index (χ4v) is 1.85. The van der Waals surface area contributed by atoms with E-state index in [9.17, 15) is 9.59 Å². The molecule has 0 fully saturated rings. The van der Waals surface area contributed by atoms with E-state index in [4.69, 9.17) is 9.84 Å². The van der Waals surface area contributed by atoms with Crippen LogP contribution in [0.4, 0.5) is 10.5 Å². The molecule has 0 bridgehead atoms. The van der Waals surface area contributed by atoms with Crippen molar-refractivity contribution in [2.75, 3.05) is 18.5 Å². The molecule has 2 rings (SSSR count). The second-order valence-corrected chi connectivity index (χ2v) is 4.74. The maximum absolute atomic E-state index is 11.7. The quantitative estimate of drug-likeness (QED) is 0.762. The van der Waals surface area contributed by atoms with Gasteiger partial charge in [0, 0.05) is 17.8 Å². The number of anilines is 1. The third kappa shape index (κ3) is 5.44. The molecule has 23 heavy (non-hydrogen) atoms. The Balaban J connectivity index is 1.83. The lowest BCUT2D eigenvalue weighted by molar-refractivity contribution is 0.0944. The number of hydrogen-bond acceptors (Lipinski definition) is 4. The summed E-state index contributed by atoms with van der Waals surface area (Å²) in [6.45, 7) is 0.275. The normalized spacial score (nSPS) is 9.96. The van der Waals surface area contributed by atoms with Gasteiger partial charge in [-0.1, -0.05) is 30.3 Å². The first-order valence-electron chi connectivity index (χ1n) is 7.16. The van der Waals surface area contributed by atoms with Gasteiger partial charge in [-0.05, 0) is 29.8 Å². The predicted octanol–water partition coefficient (Wildman–Crippen LogP) is 2.16. The van der Waals surface area contributed by atoms with Gasteiger partial charge in [-0.3, -0.25) is 10.1 Å². The van der Waals surface area contributed by atoms with Crippen LogP contribution in [0.15, 0.2) is 54.6 Å². The number of benzene rings is 2. The Labute approximate surface area is 134 Å². The van der Waals surface area contributed by atoms with Gasteiger partial charge in [-0.15, -0.1) is 0 Å². The first-order valence-corrected chi connectivity index (χ1v) is 7.16. The molecule has 0 radical (unpaired) electrons. The highest BCUT2D eigenvalue weighted by atomic mass is 16.5. The third-order valence-corrected chi connectivity index (χ3v) is 3.00. The zero-order valence-electron chi connectivity index (χ0n) is 12.5. The average molecular weight is 314 g/mol. The van der Waals surface area contributed by atoms with Crippen molar-refractivity contribution < 1.29 is 19.4 Å². The molecule has 3 N–H and O–H groups in total. The molecule has 0 aromatic heterocycles. The van der Waals surface area contributed by atoms with E-state index < -0.39 is 6.09 Å². The highest BCUT2D eigenvalue weighted by Crippen LogP contribution is 2.10. The molecule has 2 amide bonds. The van der Waals surface area contributed by atoms with E-state index in [1.807, 2.05) is 30.3 Å². The number of carbonyl (C=O) groups is 2. The highest BCUT2D eigenvalue weighted by Gasteiger charge is 2.07. The lowest BCUT2D eigenvalue weighted by Crippen LogP contribution is -2.26. The summed E-state index contributed by atoms with van der Waals surface area (Å²) in [5.74, 6) is -0.280. The summed E-state index contributed by atoms with van der Waals surface area (Å²) in [5.41, 5.74) is 1.88. The fourth-order valence-electron chi connectivity index (χ4n) is 1.85. The largest absolute Gasteiger partial charge is 0.444 e. The molecule has 0 atom stereocenters. The standard InChI is InChI=1S/C17H18N2O4/c20-11-10-18-16(21)14-6-8-15(9-7-14)19-17(22)23-12-13-4-2-1-3-5-13/h1-9,20H,10-12H2,(H,18,21)(H,19,22). The van der Waals surface area contributed by atoms with Gasteiger partial charge in [-0.2, -0.15) is 0 Å². The minimum atomic E-state index is -0.564. The Kier molecular flexibility index (Phi) is 6.14. The van der Waals surface area contributed by atoms with Crippen LogP contribution in [0.25, 0.3) is 0 Å². The lowest BCUT2D eigenvalue weighted by atomic mass is 10.2. The summed E-state index contributed by atoms with van der Waals surface area (Å²) in [5, 5.41) is 13.8. The topological polar surface area (TPSA) is 87.7 Å². The second-order valence-electron chi connectivity index (χ2n) is 4.74. The van der Waals surface area contributed by atoms with Crippen LogP contribution < -0.4 is 10.6 Å². The van der Waals surface area contributed by atoms with Crippen molar-refractivity contribution in [2.45, 2.75) is 6.61 Å². The van der Waals surface area contributed by atoms with E-state index in [0.717, 1.165) is 5.56 Å². The maximum atomic E-state index is 11.7. The van der Waals surface area contributed by atoms with Crippen LogP contribution in [-0.4, -0.2) is 30.3 Å². The van der Waals surface area contributed by atoms with Crippen LogP contribution in [0.5, 0.6) is 0 Å². The van der Waals surface area contributed by atoms with Gasteiger partial charge >= 0.3 is 6.09 Å². The number of rotatable bonds is 6. The number of ether oxygens (including phenoxy) is 1. The molecule has 0 aliphatic rings. The van der Waals surface area contributed by atoms with E-state index in [0.29, 0.717) is 11.3 Å². The highest BCUT2D eigenvalue weighted by molar-refractivity contribution is 5.95. The van der Waals surface area contributed by atoms with Crippen LogP contribution in [-0.2, 0) is 11.3 Å². The first-order chi connectivity index (χ1) is 11.2. The smallest absolute Gasteiger partial charge is 0.411 e. The minimum absolute atomic E-state index is 0.112. The minimum Gasteiger partial charge on any atom is -0.444 e. The van der Waals surface area contributed by atoms with Gasteiger partial charge in [-0.25, -0.2) is 4.79 Å². The van der Waals surface area contributed by atoms with Crippen molar-refractivity contribution in [3.8, 4) is 0 Å². The number of aliphatic hydroxyl groups excluding tert-OH is 1. The SMILES string of the molecule is O=C(Nc1ccc(C(=O)NCCO)cc1)OCc1ccccc1. The van der Waals surface area contributed by atoms with E-state index >= 15 is 0 Å². The third-order valence-electron chi connectivity index (χ3n) is 3.00. The van der Waals surface area contributed by atoms with Crippen molar-refractivity contribution in [3.05, 3.63) is 65.7 Å². The van der Waals surface area contributed by atoms with Gasteiger partial charge < -0.3 is 15.2 Å². The second kappa shape index (κ2) is 8.55. The van der Waals surface area contributed by atoms with Crippen LogP contribution >= 0.6 is 0 Å². The van der Waals surface area contributed by atoms with E-state index in [1.165, 1.54) is 0 Å². The summed E-state index contributed by atoms with van der Waals surface area (Å²) in [7, 11) is 0. The van der Waals surface area contributed by atoms with Crippen LogP contribution in [0, 0.1) is 0 Å². The van der Waals surface area contributed by atoms with E-state index in [-0.39, 0.29) is 25.7 Å². The molecule has 120 valence electrons. The van der Waals surface area contributed by atoms with Crippen molar-refractivity contribution in [1.29, 1.82) is 0 Å². The van der Waals surface area contributed by atoms with Gasteiger partial charge in [0.05, 0.1) is 6.61 Å². The Morgan fingerprint density at radius 1 is 1.00 bits per heavy atom. The summed E-state index contributed by atoms with van der Waals surface area (Å²) in [6.07, 6.45) is -0.564. The summed E-state index contributed by atoms with van der Waals surface area (Å²) in [4.78, 5) is 23.4. The monoisotopic (exact) mass is 314 g/mol. The average Bonchev–Trinajstić information content (AvgIpc) is 2.59. The van der Waals surface area contributed by atoms with Crippen LogP contribution in [0.3, 0.4) is 0 Å². The molecule has 0 aliphatic carbocycles. The number of nitrogens with one attached hydrogen (secondary N) is 2. The summed E-state index contributed by atoms with van der Waals surface area (Å²) < 4.78 is 5.11. The van der Waals surface area contributed by atoms with E-state index in [1.54, 1.807) is 24.3 Å². The summed E-state index contributed by atoms with van der Waals surface area (Å²) >= 11 is 0. The van der Waals surface area contributed by atoms with Crippen LogP contribution in [0.1, 0.15) is 15.9 Å². The Bertz CT molecular complexity index is 641. The number of aliphatic hydroxyl groups is 1. The van der Waals surface area contributed by atoms with Crippen LogP contribution in [0.2, 0.25) is 0 Å². The molecule has 0 aliphatic heterocycles. The van der Waals surface area contributed by atoms with Gasteiger partial charge in [0.1, 0.15) is 6.61 Å². The van der Waals surface area contributed by atoms with Gasteiger partial charge in [0.25, 0.3) is 5.91 Å². The Morgan fingerprint density at radius 3 is 2.35 bits per heavy atom. The molecule has 6 nitrogen and oxygen atoms in total. The maximum Gasteiger partial charge on any atom is 0.411 e. The van der Waals surface area contributed by atoms with Crippen molar-refractivity contribution in [1.82, 2.24) is 5.32 Å². The molecule has 2 aromatic rings. The van der Waals surface area contributed by atoms with Gasteiger partial charge in [0.15, 0.2) is 0 Å². The zero-order valence-corrected chi connectivity index (χ0v) is 12.5. The Hall–Kier alpha value is -2.86. The lowest BCUT2D eigenvalue weighted by Gasteiger charge is -2.08. The molecule has 2 aromatic carbocycles. The molecule has 6 heteroatoms. The van der Waals surface area contributed by atoms with Gasteiger partial charge in [0.2, 0.25) is 0 Å². The molecule has 0 saturated carbocycles.